The fourth-order valence-corrected chi connectivity index (χ4v) is 4.83. The van der Waals surface area contributed by atoms with Crippen molar-refractivity contribution in [2.75, 3.05) is 19.0 Å². The molecule has 0 aliphatic heterocycles. The largest absolute Gasteiger partial charge is 0.463 e. The van der Waals surface area contributed by atoms with Crippen LogP contribution in [0.5, 0.6) is 0 Å². The molecule has 0 radical (unpaired) electrons. The number of ether oxygens (including phenoxy) is 2. The number of hydrogen-bond donors (Lipinski definition) is 4. The molecule has 18 heteroatoms. The molecule has 4 N–H and O–H groups in total. The van der Waals surface area contributed by atoms with Crippen molar-refractivity contribution in [1.82, 2.24) is 5.32 Å². The highest BCUT2D eigenvalue weighted by atomic mass is 32.2. The summed E-state index contributed by atoms with van der Waals surface area (Å²) in [7, 11) is 0. The van der Waals surface area contributed by atoms with E-state index in [0.29, 0.717) is 12.0 Å². The van der Waals surface area contributed by atoms with Crippen LogP contribution in [-0.4, -0.2) is 81.9 Å². The first-order chi connectivity index (χ1) is 19.3. The van der Waals surface area contributed by atoms with E-state index in [9.17, 15) is 45.8 Å². The summed E-state index contributed by atoms with van der Waals surface area (Å²) < 4.78 is 93.2. The number of carbonyl (C=O) groups is 3. The van der Waals surface area contributed by atoms with Gasteiger partial charge in [0.1, 0.15) is 12.7 Å². The van der Waals surface area contributed by atoms with Crippen molar-refractivity contribution in [3.05, 3.63) is 0 Å². The maximum Gasteiger partial charge on any atom is 0.426 e. The van der Waals surface area contributed by atoms with Crippen molar-refractivity contribution in [3.63, 3.8) is 0 Å². The number of nitrogens with one attached hydrogen (secondary N) is 1. The third-order valence-corrected chi connectivity index (χ3v) is 7.86. The number of aliphatic hydroxyl groups is 2. The van der Waals surface area contributed by atoms with Crippen molar-refractivity contribution in [2.24, 2.45) is 16.7 Å². The van der Waals surface area contributed by atoms with Crippen LogP contribution in [0.1, 0.15) is 74.1 Å². The molecule has 0 saturated carbocycles. The van der Waals surface area contributed by atoms with Crippen LogP contribution in [0.3, 0.4) is 0 Å². The summed E-state index contributed by atoms with van der Waals surface area (Å²) in [6.45, 7) is 8.64. The highest BCUT2D eigenvalue weighted by Gasteiger charge is 2.70. The van der Waals surface area contributed by atoms with Gasteiger partial charge in [0.25, 0.3) is 5.60 Å². The highest BCUT2D eigenvalue weighted by molar-refractivity contribution is 7.94. The number of esters is 2. The van der Waals surface area contributed by atoms with E-state index in [1.165, 1.54) is 27.7 Å². The molecule has 4 unspecified atom stereocenters. The number of carbonyl (C=O) groups excluding carboxylic acids is 3. The highest BCUT2D eigenvalue weighted by Crippen LogP contribution is 2.47. The number of aliphatic hydroxyl groups excluding tert-OH is 1. The number of hydrogen-bond acceptors (Lipinski definition) is 11. The van der Waals surface area contributed by atoms with Crippen LogP contribution in [0.25, 0.3) is 0 Å². The normalized spacial score (nSPS) is 17.3. The van der Waals surface area contributed by atoms with Gasteiger partial charge in [-0.15, -0.1) is 4.33 Å². The first-order valence-corrected chi connectivity index (χ1v) is 14.0. The van der Waals surface area contributed by atoms with Crippen molar-refractivity contribution in [1.29, 1.82) is 0 Å². The maximum absolute atomic E-state index is 13.2. The molecule has 0 spiro atoms. The molecule has 0 aromatic rings. The first kappa shape index (κ1) is 41.1. The molecule has 11 nitrogen and oxygen atoms in total. The fourth-order valence-electron chi connectivity index (χ4n) is 4.37. The minimum absolute atomic E-state index is 0.0952. The molecule has 254 valence electrons. The Morgan fingerprint density at radius 1 is 0.907 bits per heavy atom. The summed E-state index contributed by atoms with van der Waals surface area (Å²) in [6.07, 6.45) is -17.0. The molecule has 0 aliphatic carbocycles. The van der Waals surface area contributed by atoms with Crippen LogP contribution in [0.2, 0.25) is 0 Å². The Kier molecular flexibility index (Phi) is 15.2. The Labute approximate surface area is 250 Å². The second-order valence-corrected chi connectivity index (χ2v) is 12.3. The van der Waals surface area contributed by atoms with Gasteiger partial charge in [-0.1, -0.05) is 18.9 Å². The Balaban J connectivity index is 6.05. The molecule has 1 amide bonds. The lowest BCUT2D eigenvalue weighted by atomic mass is 9.68. The smallest absolute Gasteiger partial charge is 0.426 e. The van der Waals surface area contributed by atoms with E-state index in [2.05, 4.69) is 14.7 Å². The number of alkyl halides is 6. The molecule has 0 aromatic heterocycles. The van der Waals surface area contributed by atoms with E-state index in [1.807, 2.05) is 0 Å². The molecule has 4 atom stereocenters. The second kappa shape index (κ2) is 15.9. The van der Waals surface area contributed by atoms with E-state index in [1.54, 1.807) is 13.8 Å². The van der Waals surface area contributed by atoms with Gasteiger partial charge in [0.15, 0.2) is 0 Å². The van der Waals surface area contributed by atoms with E-state index in [0.717, 1.165) is 6.92 Å². The second-order valence-electron chi connectivity index (χ2n) is 11.7. The molecule has 0 bridgehead atoms. The summed E-state index contributed by atoms with van der Waals surface area (Å²) in [5.74, 6) is -3.48. The molecule has 0 rings (SSSR count). The SMILES string of the molecule is CCC(C)(CC(C)(CC(C)C(=O)NC(C)(C)CSOOO)C(=O)OCCO)C(=O)OC(C)CC(O)(C(F)(F)F)C(F)(F)F. The average Bonchev–Trinajstić information content (AvgIpc) is 2.85. The lowest BCUT2D eigenvalue weighted by Crippen LogP contribution is -2.58. The molecule has 0 heterocycles. The molecular weight excluding hydrogens is 620 g/mol. The molecule has 43 heavy (non-hydrogen) atoms. The molecule has 0 saturated heterocycles. The van der Waals surface area contributed by atoms with Gasteiger partial charge in [-0.05, 0) is 53.9 Å². The minimum atomic E-state index is -6.11. The van der Waals surface area contributed by atoms with Crippen molar-refractivity contribution in [3.8, 4) is 0 Å². The summed E-state index contributed by atoms with van der Waals surface area (Å²) >= 11 is 0.689. The van der Waals surface area contributed by atoms with Gasteiger partial charge in [0, 0.05) is 35.7 Å². The van der Waals surface area contributed by atoms with Crippen LogP contribution in [0, 0.1) is 16.7 Å². The zero-order valence-corrected chi connectivity index (χ0v) is 25.8. The summed E-state index contributed by atoms with van der Waals surface area (Å²) in [5, 5.41) is 33.1. The Hall–Kier alpha value is -1.86. The maximum atomic E-state index is 13.2. The van der Waals surface area contributed by atoms with Crippen molar-refractivity contribution < 1.29 is 75.0 Å². The lowest BCUT2D eigenvalue weighted by molar-refractivity contribution is -0.432. The van der Waals surface area contributed by atoms with Crippen LogP contribution in [-0.2, 0) is 33.2 Å². The summed E-state index contributed by atoms with van der Waals surface area (Å²) in [6, 6.07) is 0. The van der Waals surface area contributed by atoms with Gasteiger partial charge in [-0.25, -0.2) is 5.26 Å². The minimum Gasteiger partial charge on any atom is -0.463 e. The van der Waals surface area contributed by atoms with Gasteiger partial charge in [0.05, 0.1) is 17.4 Å². The van der Waals surface area contributed by atoms with Gasteiger partial charge >= 0.3 is 24.3 Å². The quantitative estimate of drug-likeness (QED) is 0.0409. The van der Waals surface area contributed by atoms with Gasteiger partial charge in [0.2, 0.25) is 5.91 Å². The topological polar surface area (TPSA) is 161 Å². The van der Waals surface area contributed by atoms with Gasteiger partial charge in [-0.3, -0.25) is 14.4 Å². The third kappa shape index (κ3) is 11.9. The Morgan fingerprint density at radius 3 is 1.88 bits per heavy atom. The standard InChI is InChI=1S/C25H41F6NO10S/c1-8-21(6,19(36)40-16(3)12-23(37,24(26,27)28)25(29,30)31)13-22(7,18(35)39-10-9-33)11-15(2)17(34)32-20(4,5)14-43-42-41-38/h15-16,33,37-38H,8-14H2,1-7H3,(H,32,34). The molecule has 0 aromatic carbocycles. The van der Waals surface area contributed by atoms with E-state index >= 15 is 0 Å². The van der Waals surface area contributed by atoms with Gasteiger partial charge < -0.3 is 25.0 Å². The summed E-state index contributed by atoms with van der Waals surface area (Å²) in [4.78, 5) is 39.3. The zero-order chi connectivity index (χ0) is 34.1. The van der Waals surface area contributed by atoms with Crippen LogP contribution < -0.4 is 5.32 Å². The van der Waals surface area contributed by atoms with Gasteiger partial charge in [-0.2, -0.15) is 26.3 Å². The van der Waals surface area contributed by atoms with Crippen molar-refractivity contribution in [2.45, 2.75) is 104 Å². The van der Waals surface area contributed by atoms with Crippen molar-refractivity contribution >= 4 is 29.9 Å². The van der Waals surface area contributed by atoms with E-state index < -0.39 is 90.2 Å². The predicted octanol–water partition coefficient (Wildman–Crippen LogP) is 4.50. The van der Waals surface area contributed by atoms with Crippen LogP contribution >= 0.6 is 12.0 Å². The Morgan fingerprint density at radius 2 is 1.44 bits per heavy atom. The number of halogens is 6. The van der Waals surface area contributed by atoms with Crippen LogP contribution in [0.4, 0.5) is 26.3 Å². The average molecular weight is 662 g/mol. The first-order valence-electron chi connectivity index (χ1n) is 13.1. The molecule has 0 aliphatic rings. The number of amides is 1. The summed E-state index contributed by atoms with van der Waals surface area (Å²) in [5.41, 5.74) is -9.35. The fraction of sp³-hybridized carbons (Fsp3) is 0.880. The third-order valence-electron chi connectivity index (χ3n) is 6.86. The predicted molar refractivity (Wildman–Crippen MR) is 140 cm³/mol. The van der Waals surface area contributed by atoms with E-state index in [4.69, 9.17) is 19.8 Å². The molecular formula is C25H41F6NO10S. The Bertz CT molecular complexity index is 921. The zero-order valence-electron chi connectivity index (χ0n) is 25.0. The van der Waals surface area contributed by atoms with Crippen LogP contribution in [0.15, 0.2) is 0 Å². The lowest BCUT2D eigenvalue weighted by Gasteiger charge is -2.39. The monoisotopic (exact) mass is 661 g/mol. The van der Waals surface area contributed by atoms with E-state index in [-0.39, 0.29) is 18.6 Å². The molecule has 0 fully saturated rings. The number of rotatable bonds is 18.